The summed E-state index contributed by atoms with van der Waals surface area (Å²) in [4.78, 5) is 62.7. The number of carbonyl (C=O) groups is 4. The smallest absolute Gasteiger partial charge is 0.347 e. The summed E-state index contributed by atoms with van der Waals surface area (Å²) in [6.07, 6.45) is 2.17. The van der Waals surface area contributed by atoms with E-state index >= 15 is 0 Å². The Balaban J connectivity index is 1.38. The first kappa shape index (κ1) is 27.4. The normalized spacial score (nSPS) is 19.7. The van der Waals surface area contributed by atoms with Gasteiger partial charge in [-0.3, -0.25) is 14.5 Å². The van der Waals surface area contributed by atoms with Gasteiger partial charge in [0.1, 0.15) is 27.0 Å². The Kier molecular flexibility index (Phi) is 7.39. The van der Waals surface area contributed by atoms with E-state index in [1.54, 1.807) is 12.4 Å². The van der Waals surface area contributed by atoms with Gasteiger partial charge in [-0.1, -0.05) is 28.1 Å². The van der Waals surface area contributed by atoms with Crippen molar-refractivity contribution in [2.45, 2.75) is 31.0 Å². The van der Waals surface area contributed by atoms with Crippen LogP contribution in [0.1, 0.15) is 12.6 Å². The van der Waals surface area contributed by atoms with Crippen molar-refractivity contribution in [3.05, 3.63) is 51.9 Å². The van der Waals surface area contributed by atoms with Crippen LogP contribution in [0.4, 0.5) is 5.13 Å². The van der Waals surface area contributed by atoms with Crippen LogP contribution in [-0.4, -0.2) is 72.7 Å². The van der Waals surface area contributed by atoms with E-state index in [-0.39, 0.29) is 33.2 Å². The van der Waals surface area contributed by atoms with E-state index in [2.05, 4.69) is 20.4 Å². The molecular formula is C23H20ClN7O7S2. The Morgan fingerprint density at radius 3 is 2.90 bits per heavy atom. The number of halogens is 1. The number of carboxylic acids is 2. The average molecular weight is 606 g/mol. The number of aromatic nitrogens is 3. The number of anilines is 1. The number of carbonyl (C=O) groups excluding carboxylic acids is 3. The van der Waals surface area contributed by atoms with Gasteiger partial charge < -0.3 is 35.9 Å². The lowest BCUT2D eigenvalue weighted by molar-refractivity contribution is -0.663. The molecule has 2 aliphatic rings. The Labute approximate surface area is 238 Å². The van der Waals surface area contributed by atoms with Crippen LogP contribution in [0, 0.1) is 0 Å². The zero-order valence-corrected chi connectivity index (χ0v) is 22.9. The molecule has 1 saturated heterocycles. The molecule has 0 unspecified atom stereocenters. The Morgan fingerprint density at radius 1 is 1.45 bits per heavy atom. The molecular weight excluding hydrogens is 586 g/mol. The maximum atomic E-state index is 13.2. The summed E-state index contributed by atoms with van der Waals surface area (Å²) in [7, 11) is 0. The van der Waals surface area contributed by atoms with Gasteiger partial charge in [-0.15, -0.1) is 11.8 Å². The topological polar surface area (TPSA) is 207 Å². The van der Waals surface area contributed by atoms with Crippen molar-refractivity contribution < 1.29 is 38.8 Å². The Bertz CT molecular complexity index is 1620. The first-order valence-corrected chi connectivity index (χ1v) is 13.8. The largest absolute Gasteiger partial charge is 0.543 e. The molecule has 3 aromatic heterocycles. The molecule has 2 aliphatic heterocycles. The van der Waals surface area contributed by atoms with Crippen LogP contribution in [0.5, 0.6) is 0 Å². The third-order valence-corrected chi connectivity index (χ3v) is 8.60. The second kappa shape index (κ2) is 10.8. The lowest BCUT2D eigenvalue weighted by atomic mass is 10.0. The molecule has 5 heterocycles. The zero-order valence-electron chi connectivity index (χ0n) is 20.5. The Morgan fingerprint density at radius 2 is 2.23 bits per heavy atom. The van der Waals surface area contributed by atoms with Crippen LogP contribution in [0.2, 0.25) is 4.34 Å². The predicted molar refractivity (Wildman–Crippen MR) is 142 cm³/mol. The highest BCUT2D eigenvalue weighted by Crippen LogP contribution is 2.40. The highest BCUT2D eigenvalue weighted by Gasteiger charge is 2.53. The number of thiazole rings is 1. The number of pyridine rings is 1. The lowest BCUT2D eigenvalue weighted by Crippen LogP contribution is -2.71. The number of nitrogen functional groups attached to an aromatic ring is 1. The summed E-state index contributed by atoms with van der Waals surface area (Å²) in [5, 5.41) is 26.7. The van der Waals surface area contributed by atoms with Crippen LogP contribution in [0.25, 0.3) is 11.0 Å². The molecule has 2 amide bonds. The molecule has 208 valence electrons. The third kappa shape index (κ3) is 4.96. The predicted octanol–water partition coefficient (Wildman–Crippen LogP) is -0.555. The monoisotopic (exact) mass is 605 g/mol. The number of hydrogen-bond acceptors (Lipinski definition) is 11. The molecule has 0 bridgehead atoms. The Hall–Kier alpha value is -4.15. The van der Waals surface area contributed by atoms with Crippen LogP contribution in [-0.2, 0) is 30.6 Å². The summed E-state index contributed by atoms with van der Waals surface area (Å²) in [5.41, 5.74) is 6.96. The molecule has 5 rings (SSSR count). The van der Waals surface area contributed by atoms with Crippen molar-refractivity contribution >= 4 is 80.3 Å². The summed E-state index contributed by atoms with van der Waals surface area (Å²) < 4.78 is 1.85. The maximum Gasteiger partial charge on any atom is 0.347 e. The number of H-pyrrole nitrogens is 1. The number of aromatic amines is 1. The van der Waals surface area contributed by atoms with Crippen molar-refractivity contribution in [2.75, 3.05) is 11.5 Å². The molecule has 0 aromatic carbocycles. The minimum absolute atomic E-state index is 0.00617. The van der Waals surface area contributed by atoms with Crippen molar-refractivity contribution in [2.24, 2.45) is 5.16 Å². The number of thioether (sulfide) groups is 1. The van der Waals surface area contributed by atoms with Gasteiger partial charge in [-0.05, 0) is 13.0 Å². The van der Waals surface area contributed by atoms with Gasteiger partial charge in [-0.2, -0.15) is 4.57 Å². The lowest BCUT2D eigenvalue weighted by Gasteiger charge is -2.50. The van der Waals surface area contributed by atoms with Gasteiger partial charge in [0.15, 0.2) is 23.6 Å². The molecule has 14 nitrogen and oxygen atoms in total. The fourth-order valence-corrected chi connectivity index (χ4v) is 6.52. The standard InChI is InChI=1S/C23H20ClN7O7S2/c1-9(21(34)35)38-29-14(13-17(24)40-23(25)28-13)18(32)27-15-19(33)31-16(22(36)37)10(8-39-20(15)31)7-30-6-2-3-11-12(30)4-5-26-11/h2-6,9,15,20H,7-8H2,1H3,(H5,25,27,28,32,34,35,36,37)/b29-14-/t9-,15+,20+/m0/s1. The highest BCUT2D eigenvalue weighted by atomic mass is 35.5. The minimum Gasteiger partial charge on any atom is -0.543 e. The van der Waals surface area contributed by atoms with Crippen molar-refractivity contribution in [3.63, 3.8) is 0 Å². The summed E-state index contributed by atoms with van der Waals surface area (Å²) in [6, 6.07) is 4.44. The first-order valence-electron chi connectivity index (χ1n) is 11.6. The molecule has 0 radical (unpaired) electrons. The van der Waals surface area contributed by atoms with E-state index in [9.17, 15) is 24.3 Å². The molecule has 40 heavy (non-hydrogen) atoms. The number of nitrogens with one attached hydrogen (secondary N) is 2. The van der Waals surface area contributed by atoms with E-state index in [1.807, 2.05) is 22.8 Å². The molecule has 0 spiro atoms. The van der Waals surface area contributed by atoms with Gasteiger partial charge in [0.05, 0.1) is 11.7 Å². The number of oxime groups is 1. The van der Waals surface area contributed by atoms with Crippen LogP contribution in [0.3, 0.4) is 0 Å². The van der Waals surface area contributed by atoms with Crippen molar-refractivity contribution in [1.29, 1.82) is 0 Å². The zero-order chi connectivity index (χ0) is 28.7. The second-order valence-electron chi connectivity index (χ2n) is 8.71. The number of fused-ring (bicyclic) bond motifs is 2. The number of carboxylic acid groups (broad SMARTS) is 2. The number of nitrogens with zero attached hydrogens (tertiary/aromatic N) is 4. The van der Waals surface area contributed by atoms with E-state index < -0.39 is 47.0 Å². The summed E-state index contributed by atoms with van der Waals surface area (Å²) in [6.45, 7) is 1.41. The number of β-lactam (4-membered cyclic amide) rings is 1. The molecule has 1 fully saturated rings. The average Bonchev–Trinajstić information content (AvgIpc) is 3.53. The minimum atomic E-state index is -1.51. The number of rotatable bonds is 9. The number of amides is 2. The van der Waals surface area contributed by atoms with Crippen molar-refractivity contribution in [1.82, 2.24) is 20.2 Å². The van der Waals surface area contributed by atoms with Gasteiger partial charge >= 0.3 is 5.97 Å². The highest BCUT2D eigenvalue weighted by molar-refractivity contribution is 8.00. The third-order valence-electron chi connectivity index (χ3n) is 6.17. The van der Waals surface area contributed by atoms with Crippen LogP contribution < -0.4 is 20.7 Å². The van der Waals surface area contributed by atoms with E-state index in [4.69, 9.17) is 27.3 Å². The maximum absolute atomic E-state index is 13.2. The molecule has 5 N–H and O–H groups in total. The number of nitrogens with two attached hydrogens (primary N) is 1. The van der Waals surface area contributed by atoms with Gasteiger partial charge in [-0.25, -0.2) is 9.78 Å². The van der Waals surface area contributed by atoms with E-state index in [0.29, 0.717) is 5.57 Å². The molecule has 0 saturated carbocycles. The van der Waals surface area contributed by atoms with Crippen LogP contribution >= 0.6 is 34.7 Å². The molecule has 3 aromatic rings. The van der Waals surface area contributed by atoms with Gasteiger partial charge in [0.25, 0.3) is 11.8 Å². The quantitative estimate of drug-likeness (QED) is 0.106. The number of hydrogen-bond donors (Lipinski definition) is 4. The van der Waals surface area contributed by atoms with E-state index in [1.165, 1.54) is 18.7 Å². The van der Waals surface area contributed by atoms with Gasteiger partial charge in [0.2, 0.25) is 11.6 Å². The number of aliphatic carboxylic acids is 2. The van der Waals surface area contributed by atoms with E-state index in [0.717, 1.165) is 27.3 Å². The summed E-state index contributed by atoms with van der Waals surface area (Å²) in [5.74, 6) is -4.20. The fraction of sp³-hybridized carbons (Fsp3) is 0.261. The SMILES string of the molecule is C[C@H](O/N=C(\C(=O)N[C@@H]1C(=O)N2C(C(=O)[O-])=C(C[n+]3cccc4[nH]ccc43)CS[C@H]12)c1nc(N)sc1Cl)C(=O)O. The van der Waals surface area contributed by atoms with Gasteiger partial charge in [0, 0.05) is 29.7 Å². The van der Waals surface area contributed by atoms with Crippen LogP contribution in [0.15, 0.2) is 47.0 Å². The first-order chi connectivity index (χ1) is 19.1. The second-order valence-corrected chi connectivity index (χ2v) is 11.5. The summed E-state index contributed by atoms with van der Waals surface area (Å²) >= 11 is 8.26. The molecule has 0 aliphatic carbocycles. The molecule has 3 atom stereocenters. The molecule has 17 heteroatoms. The fourth-order valence-electron chi connectivity index (χ4n) is 4.26. The van der Waals surface area contributed by atoms with Crippen molar-refractivity contribution in [3.8, 4) is 0 Å².